The number of rotatable bonds is 3. The lowest BCUT2D eigenvalue weighted by molar-refractivity contribution is 0.0686. The van der Waals surface area contributed by atoms with Gasteiger partial charge in [0.2, 0.25) is 0 Å². The Morgan fingerprint density at radius 1 is 1.29 bits per heavy atom. The van der Waals surface area contributed by atoms with Crippen molar-refractivity contribution in [3.05, 3.63) is 35.0 Å². The summed E-state index contributed by atoms with van der Waals surface area (Å²) in [5.74, 6) is 0.0564. The van der Waals surface area contributed by atoms with Crippen LogP contribution in [-0.2, 0) is 5.41 Å². The average molecular weight is 289 g/mol. The van der Waals surface area contributed by atoms with Crippen molar-refractivity contribution in [1.82, 2.24) is 5.16 Å². The number of aromatic carboxylic acids is 1. The molecule has 0 aliphatic carbocycles. The van der Waals surface area contributed by atoms with Gasteiger partial charge in [-0.05, 0) is 29.5 Å². The minimum absolute atomic E-state index is 0.0533. The molecule has 112 valence electrons. The molecule has 5 heteroatoms. The van der Waals surface area contributed by atoms with E-state index in [1.807, 2.05) is 19.1 Å². The molecule has 0 aliphatic rings. The van der Waals surface area contributed by atoms with Crippen molar-refractivity contribution in [2.45, 2.75) is 33.1 Å². The predicted octanol–water partition coefficient (Wildman–Crippen LogP) is 3.65. The van der Waals surface area contributed by atoms with E-state index in [0.717, 1.165) is 22.4 Å². The highest BCUT2D eigenvalue weighted by molar-refractivity contribution is 5.86. The standard InChI is InChI=1S/C16H19NO4/c1-9-6-11(16(2,3)4)14(20-5)7-10(9)13-8-12(15(18)19)17-21-13/h6-8H,1-5H3,(H,18,19). The quantitative estimate of drug-likeness (QED) is 0.933. The maximum atomic E-state index is 10.9. The zero-order valence-corrected chi connectivity index (χ0v) is 12.9. The lowest BCUT2D eigenvalue weighted by Crippen LogP contribution is -2.13. The molecule has 0 saturated heterocycles. The number of carboxylic acids is 1. The van der Waals surface area contributed by atoms with Crippen LogP contribution < -0.4 is 4.74 Å². The maximum absolute atomic E-state index is 10.9. The van der Waals surface area contributed by atoms with Crippen LogP contribution in [0.4, 0.5) is 0 Å². The molecule has 5 nitrogen and oxygen atoms in total. The Labute approximate surface area is 123 Å². The predicted molar refractivity (Wildman–Crippen MR) is 78.9 cm³/mol. The number of aromatic nitrogens is 1. The van der Waals surface area contributed by atoms with E-state index in [2.05, 4.69) is 25.9 Å². The topological polar surface area (TPSA) is 72.6 Å². The van der Waals surface area contributed by atoms with Crippen molar-refractivity contribution in [3.8, 4) is 17.1 Å². The second kappa shape index (κ2) is 5.24. The number of hydrogen-bond donors (Lipinski definition) is 1. The number of aryl methyl sites for hydroxylation is 1. The maximum Gasteiger partial charge on any atom is 0.358 e. The number of hydrogen-bond acceptors (Lipinski definition) is 4. The molecule has 0 atom stereocenters. The van der Waals surface area contributed by atoms with Gasteiger partial charge >= 0.3 is 5.97 Å². The van der Waals surface area contributed by atoms with E-state index in [-0.39, 0.29) is 11.1 Å². The van der Waals surface area contributed by atoms with E-state index in [9.17, 15) is 4.79 Å². The van der Waals surface area contributed by atoms with Crippen LogP contribution in [0, 0.1) is 6.92 Å². The van der Waals surface area contributed by atoms with Gasteiger partial charge in [-0.15, -0.1) is 0 Å². The van der Waals surface area contributed by atoms with Crippen molar-refractivity contribution in [1.29, 1.82) is 0 Å². The molecule has 0 spiro atoms. The molecule has 0 unspecified atom stereocenters. The summed E-state index contributed by atoms with van der Waals surface area (Å²) in [6, 6.07) is 5.32. The van der Waals surface area contributed by atoms with Gasteiger partial charge in [0.15, 0.2) is 11.5 Å². The smallest absolute Gasteiger partial charge is 0.358 e. The van der Waals surface area contributed by atoms with Crippen molar-refractivity contribution in [2.24, 2.45) is 0 Å². The van der Waals surface area contributed by atoms with Gasteiger partial charge in [0.05, 0.1) is 7.11 Å². The largest absolute Gasteiger partial charge is 0.496 e. The monoisotopic (exact) mass is 289 g/mol. The zero-order valence-electron chi connectivity index (χ0n) is 12.9. The highest BCUT2D eigenvalue weighted by Crippen LogP contribution is 2.37. The fraction of sp³-hybridized carbons (Fsp3) is 0.375. The summed E-state index contributed by atoms with van der Waals surface area (Å²) in [5.41, 5.74) is 2.68. The van der Waals surface area contributed by atoms with E-state index >= 15 is 0 Å². The van der Waals surface area contributed by atoms with Gasteiger partial charge < -0.3 is 14.4 Å². The lowest BCUT2D eigenvalue weighted by Gasteiger charge is -2.23. The molecule has 0 aliphatic heterocycles. The molecule has 1 heterocycles. The second-order valence-corrected chi connectivity index (χ2v) is 6.00. The molecule has 0 radical (unpaired) electrons. The summed E-state index contributed by atoms with van der Waals surface area (Å²) in [7, 11) is 1.62. The first-order valence-corrected chi connectivity index (χ1v) is 6.63. The Balaban J connectivity index is 2.57. The Hall–Kier alpha value is -2.30. The number of nitrogens with zero attached hydrogens (tertiary/aromatic N) is 1. The number of methoxy groups -OCH3 is 1. The van der Waals surface area contributed by atoms with Crippen LogP contribution in [0.15, 0.2) is 22.7 Å². The summed E-state index contributed by atoms with van der Waals surface area (Å²) in [6.07, 6.45) is 0. The molecule has 0 amide bonds. The Morgan fingerprint density at radius 3 is 2.43 bits per heavy atom. The van der Waals surface area contributed by atoms with E-state index in [1.54, 1.807) is 7.11 Å². The summed E-state index contributed by atoms with van der Waals surface area (Å²) in [5, 5.41) is 12.5. The van der Waals surface area contributed by atoms with Crippen LogP contribution in [0.5, 0.6) is 5.75 Å². The Kier molecular flexibility index (Phi) is 3.77. The van der Waals surface area contributed by atoms with Crippen LogP contribution in [0.2, 0.25) is 0 Å². The summed E-state index contributed by atoms with van der Waals surface area (Å²) in [4.78, 5) is 10.9. The molecule has 0 saturated carbocycles. The minimum Gasteiger partial charge on any atom is -0.496 e. The van der Waals surface area contributed by atoms with Crippen LogP contribution >= 0.6 is 0 Å². The molecule has 21 heavy (non-hydrogen) atoms. The Morgan fingerprint density at radius 2 is 1.95 bits per heavy atom. The first kappa shape index (κ1) is 15.1. The van der Waals surface area contributed by atoms with E-state index in [1.165, 1.54) is 6.07 Å². The van der Waals surface area contributed by atoms with Crippen molar-refractivity contribution in [3.63, 3.8) is 0 Å². The molecule has 1 aromatic heterocycles. The number of ether oxygens (including phenoxy) is 1. The molecule has 0 bridgehead atoms. The molecule has 2 aromatic rings. The van der Waals surface area contributed by atoms with Crippen LogP contribution in [-0.4, -0.2) is 23.3 Å². The normalized spacial score (nSPS) is 11.5. The fourth-order valence-electron chi connectivity index (χ4n) is 2.21. The van der Waals surface area contributed by atoms with Crippen LogP contribution in [0.25, 0.3) is 11.3 Å². The third-order valence-electron chi connectivity index (χ3n) is 3.35. The van der Waals surface area contributed by atoms with Gasteiger partial charge in [-0.25, -0.2) is 4.79 Å². The fourth-order valence-corrected chi connectivity index (χ4v) is 2.21. The minimum atomic E-state index is -1.11. The summed E-state index contributed by atoms with van der Waals surface area (Å²) >= 11 is 0. The van der Waals surface area contributed by atoms with E-state index < -0.39 is 5.97 Å². The number of benzene rings is 1. The van der Waals surface area contributed by atoms with Gasteiger partial charge in [0, 0.05) is 11.6 Å². The summed E-state index contributed by atoms with van der Waals surface area (Å²) < 4.78 is 10.6. The molecule has 1 N–H and O–H groups in total. The highest BCUT2D eigenvalue weighted by atomic mass is 16.5. The van der Waals surface area contributed by atoms with Gasteiger partial charge in [-0.1, -0.05) is 32.0 Å². The third kappa shape index (κ3) is 2.91. The van der Waals surface area contributed by atoms with Crippen molar-refractivity contribution in [2.75, 3.05) is 7.11 Å². The van der Waals surface area contributed by atoms with E-state index in [0.29, 0.717) is 5.76 Å². The first-order chi connectivity index (χ1) is 9.74. The lowest BCUT2D eigenvalue weighted by atomic mass is 9.84. The van der Waals surface area contributed by atoms with Gasteiger partial charge in [0.25, 0.3) is 0 Å². The molecule has 0 fully saturated rings. The van der Waals surface area contributed by atoms with E-state index in [4.69, 9.17) is 14.4 Å². The van der Waals surface area contributed by atoms with Crippen molar-refractivity contribution >= 4 is 5.97 Å². The van der Waals surface area contributed by atoms with Crippen molar-refractivity contribution < 1.29 is 19.2 Å². The van der Waals surface area contributed by atoms with Crippen LogP contribution in [0.3, 0.4) is 0 Å². The molecular weight excluding hydrogens is 270 g/mol. The van der Waals surface area contributed by atoms with Gasteiger partial charge in [-0.3, -0.25) is 0 Å². The van der Waals surface area contributed by atoms with Crippen LogP contribution in [0.1, 0.15) is 42.4 Å². The second-order valence-electron chi connectivity index (χ2n) is 6.00. The Bertz CT molecular complexity index is 680. The SMILES string of the molecule is COc1cc(-c2cc(C(=O)O)no2)c(C)cc1C(C)(C)C. The molecule has 1 aromatic carbocycles. The zero-order chi connectivity index (χ0) is 15.8. The molecular formula is C16H19NO4. The average Bonchev–Trinajstić information content (AvgIpc) is 2.87. The molecule has 2 rings (SSSR count). The highest BCUT2D eigenvalue weighted by Gasteiger charge is 2.22. The number of carbonyl (C=O) groups is 1. The summed E-state index contributed by atoms with van der Waals surface area (Å²) in [6.45, 7) is 8.29. The van der Waals surface area contributed by atoms with Gasteiger partial charge in [0.1, 0.15) is 5.75 Å². The van der Waals surface area contributed by atoms with Gasteiger partial charge in [-0.2, -0.15) is 0 Å². The third-order valence-corrected chi connectivity index (χ3v) is 3.35. The first-order valence-electron chi connectivity index (χ1n) is 6.63. The number of carboxylic acid groups (broad SMARTS) is 1.